The quantitative estimate of drug-likeness (QED) is 0.299. The molecule has 3 aromatic heterocycles. The summed E-state index contributed by atoms with van der Waals surface area (Å²) in [5, 5.41) is 0. The Kier molecular flexibility index (Phi) is 6.38. The van der Waals surface area contributed by atoms with Crippen LogP contribution in [0.1, 0.15) is 19.5 Å². The standard InChI is InChI=1S/C28H22N4O3S3/c1-3-30-25(33)21(37-27(30)22-26(34)31(4-2)28(36)38-22)16-19-15-20-23(32(19)18-13-9-6-10-14-18)29-24(35-20)17-11-7-5-8-12-17/h5-16H,3-4H2,1-2H3/b21-16+,27-22+. The van der Waals surface area contributed by atoms with E-state index in [1.54, 1.807) is 9.47 Å². The van der Waals surface area contributed by atoms with Gasteiger partial charge in [0, 0.05) is 30.4 Å². The van der Waals surface area contributed by atoms with Crippen LogP contribution in [0.5, 0.6) is 0 Å². The topological polar surface area (TPSA) is 73.3 Å². The number of thiocarbonyl (C=S) groups is 1. The zero-order valence-corrected chi connectivity index (χ0v) is 23.0. The van der Waals surface area contributed by atoms with Gasteiger partial charge in [-0.05, 0) is 44.2 Å². The minimum absolute atomic E-state index is 0.148. The number of thiazole rings is 1. The maximum atomic E-state index is 13.5. The van der Waals surface area contributed by atoms with Crippen LogP contribution in [0.4, 0.5) is 0 Å². The van der Waals surface area contributed by atoms with Crippen molar-refractivity contribution >= 4 is 67.8 Å². The van der Waals surface area contributed by atoms with Gasteiger partial charge in [0.15, 0.2) is 11.2 Å². The number of hydrogen-bond donors (Lipinski definition) is 0. The van der Waals surface area contributed by atoms with Crippen LogP contribution in [-0.2, 0) is 11.3 Å². The van der Waals surface area contributed by atoms with Gasteiger partial charge < -0.3 is 4.42 Å². The number of aromatic nitrogens is 3. The average Bonchev–Trinajstić information content (AvgIpc) is 3.65. The molecule has 0 N–H and O–H groups in total. The van der Waals surface area contributed by atoms with Gasteiger partial charge in [-0.3, -0.25) is 23.6 Å². The smallest absolute Gasteiger partial charge is 0.269 e. The first-order chi connectivity index (χ1) is 18.5. The van der Waals surface area contributed by atoms with E-state index in [4.69, 9.17) is 21.6 Å². The first-order valence-corrected chi connectivity index (χ1v) is 14.2. The van der Waals surface area contributed by atoms with E-state index in [9.17, 15) is 9.59 Å². The summed E-state index contributed by atoms with van der Waals surface area (Å²) in [6.45, 7) is 4.73. The Labute approximate surface area is 231 Å². The molecule has 0 spiro atoms. The van der Waals surface area contributed by atoms with E-state index in [0.29, 0.717) is 48.6 Å². The highest BCUT2D eigenvalue weighted by Gasteiger charge is 2.32. The van der Waals surface area contributed by atoms with Crippen molar-refractivity contribution in [2.75, 3.05) is 6.54 Å². The Morgan fingerprint density at radius 2 is 1.71 bits per heavy atom. The van der Waals surface area contributed by atoms with Crippen molar-refractivity contribution in [1.82, 2.24) is 19.0 Å². The van der Waals surface area contributed by atoms with Gasteiger partial charge >= 0.3 is 0 Å². The molecule has 10 heteroatoms. The lowest BCUT2D eigenvalue weighted by Gasteiger charge is -2.09. The van der Waals surface area contributed by atoms with Crippen molar-refractivity contribution in [3.05, 3.63) is 92.0 Å². The highest BCUT2D eigenvalue weighted by Crippen LogP contribution is 2.31. The average molecular weight is 559 g/mol. The van der Waals surface area contributed by atoms with Gasteiger partial charge in [-0.15, -0.1) is 11.3 Å². The van der Waals surface area contributed by atoms with E-state index in [1.807, 2.05) is 91.2 Å². The van der Waals surface area contributed by atoms with Crippen LogP contribution in [0, 0.1) is 0 Å². The predicted octanol–water partition coefficient (Wildman–Crippen LogP) is 4.35. The van der Waals surface area contributed by atoms with Crippen LogP contribution in [-0.4, -0.2) is 35.8 Å². The third kappa shape index (κ3) is 4.05. The lowest BCUT2D eigenvalue weighted by atomic mass is 10.2. The number of carbonyl (C=O) groups is 1. The van der Waals surface area contributed by atoms with Crippen molar-refractivity contribution < 1.29 is 9.21 Å². The Morgan fingerprint density at radius 3 is 2.37 bits per heavy atom. The second-order valence-corrected chi connectivity index (χ2v) is 11.2. The van der Waals surface area contributed by atoms with Gasteiger partial charge in [-0.2, -0.15) is 4.98 Å². The summed E-state index contributed by atoms with van der Waals surface area (Å²) in [4.78, 5) is 33.3. The maximum absolute atomic E-state index is 13.5. The molecule has 0 saturated carbocycles. The molecule has 38 heavy (non-hydrogen) atoms. The second kappa shape index (κ2) is 9.86. The number of thioether (sulfide) groups is 1. The lowest BCUT2D eigenvalue weighted by molar-refractivity contribution is -0.120. The van der Waals surface area contributed by atoms with E-state index in [0.717, 1.165) is 16.9 Å². The lowest BCUT2D eigenvalue weighted by Crippen LogP contribution is -2.33. The molecule has 4 heterocycles. The van der Waals surface area contributed by atoms with Gasteiger partial charge in [0.25, 0.3) is 11.5 Å². The number of benzene rings is 2. The number of rotatable bonds is 5. The zero-order chi connectivity index (χ0) is 26.4. The molecular formula is C28H22N4O3S3. The van der Waals surface area contributed by atoms with E-state index >= 15 is 0 Å². The third-order valence-corrected chi connectivity index (χ3v) is 8.98. The van der Waals surface area contributed by atoms with Crippen molar-refractivity contribution in [3.63, 3.8) is 0 Å². The Hall–Kier alpha value is -3.73. The van der Waals surface area contributed by atoms with Crippen LogP contribution in [0.3, 0.4) is 0 Å². The fourth-order valence-electron chi connectivity index (χ4n) is 4.47. The molecular weight excluding hydrogens is 537 g/mol. The third-order valence-electron chi connectivity index (χ3n) is 6.28. The van der Waals surface area contributed by atoms with E-state index in [1.165, 1.54) is 23.1 Å². The van der Waals surface area contributed by atoms with Gasteiger partial charge in [0.2, 0.25) is 5.89 Å². The van der Waals surface area contributed by atoms with Crippen molar-refractivity contribution in [3.8, 4) is 17.1 Å². The summed E-state index contributed by atoms with van der Waals surface area (Å²) < 4.78 is 11.4. The van der Waals surface area contributed by atoms with Gasteiger partial charge in [0.05, 0.1) is 10.2 Å². The minimum Gasteiger partial charge on any atom is -0.434 e. The number of nitrogens with zero attached hydrogens (tertiary/aromatic N) is 4. The summed E-state index contributed by atoms with van der Waals surface area (Å²) in [5.41, 5.74) is 3.67. The number of hydrogen-bond acceptors (Lipinski definition) is 7. The molecule has 0 atom stereocenters. The Morgan fingerprint density at radius 1 is 1.00 bits per heavy atom. The van der Waals surface area contributed by atoms with Gasteiger partial charge in [-0.1, -0.05) is 60.4 Å². The number of carbonyl (C=O) groups excluding carboxylic acids is 1. The molecule has 190 valence electrons. The molecule has 1 aliphatic rings. The molecule has 0 unspecified atom stereocenters. The molecule has 7 nitrogen and oxygen atoms in total. The summed E-state index contributed by atoms with van der Waals surface area (Å²) in [6.07, 6.45) is 1.84. The van der Waals surface area contributed by atoms with Gasteiger partial charge in [0.1, 0.15) is 13.9 Å². The van der Waals surface area contributed by atoms with Crippen LogP contribution in [0.25, 0.3) is 39.4 Å². The summed E-state index contributed by atoms with van der Waals surface area (Å²) in [5.74, 6) is 0.378. The molecule has 2 aromatic carbocycles. The van der Waals surface area contributed by atoms with Crippen molar-refractivity contribution in [2.24, 2.45) is 0 Å². The van der Waals surface area contributed by atoms with Crippen LogP contribution < -0.4 is 14.8 Å². The predicted molar refractivity (Wildman–Crippen MR) is 157 cm³/mol. The Balaban J connectivity index is 1.58. The minimum atomic E-state index is -0.152. The molecule has 5 aromatic rings. The molecule has 6 rings (SSSR count). The Bertz CT molecular complexity index is 1880. The highest BCUT2D eigenvalue weighted by atomic mass is 32.2. The fraction of sp³-hybridized carbons (Fsp3) is 0.143. The molecule has 1 saturated heterocycles. The van der Waals surface area contributed by atoms with Gasteiger partial charge in [-0.25, -0.2) is 0 Å². The number of oxazole rings is 1. The molecule has 0 bridgehead atoms. The van der Waals surface area contributed by atoms with E-state index in [-0.39, 0.29) is 11.5 Å². The van der Waals surface area contributed by atoms with Crippen LogP contribution in [0.15, 0.2) is 75.9 Å². The SMILES string of the molecule is CCN1C(=O)/C(=c2\s/c(=C/c3cc4oc(-c5ccccc5)nc4n3-c3ccccc3)c(=O)n2CC)SC1=S. The first-order valence-electron chi connectivity index (χ1n) is 12.1. The van der Waals surface area contributed by atoms with Crippen LogP contribution >= 0.6 is 35.3 Å². The number of amides is 1. The fourth-order valence-corrected chi connectivity index (χ4v) is 7.16. The number of para-hydroxylation sites is 1. The van der Waals surface area contributed by atoms with Crippen LogP contribution in [0.2, 0.25) is 0 Å². The molecule has 1 fully saturated rings. The molecule has 0 aliphatic carbocycles. The maximum Gasteiger partial charge on any atom is 0.269 e. The van der Waals surface area contributed by atoms with E-state index in [2.05, 4.69) is 0 Å². The molecule has 1 aliphatic heterocycles. The second-order valence-electron chi connectivity index (χ2n) is 8.52. The van der Waals surface area contributed by atoms with Crippen molar-refractivity contribution in [2.45, 2.75) is 20.4 Å². The largest absolute Gasteiger partial charge is 0.434 e. The summed E-state index contributed by atoms with van der Waals surface area (Å²) in [7, 11) is 0. The normalized spacial score (nSPS) is 15.8. The molecule has 1 amide bonds. The highest BCUT2D eigenvalue weighted by molar-refractivity contribution is 8.30. The van der Waals surface area contributed by atoms with Crippen molar-refractivity contribution in [1.29, 1.82) is 0 Å². The summed E-state index contributed by atoms with van der Waals surface area (Å²) >= 11 is 7.95. The summed E-state index contributed by atoms with van der Waals surface area (Å²) in [6, 6.07) is 21.5. The number of fused-ring (bicyclic) bond motifs is 1. The van der Waals surface area contributed by atoms with E-state index < -0.39 is 0 Å². The molecule has 0 radical (unpaired) electrons. The zero-order valence-electron chi connectivity index (χ0n) is 20.6. The first kappa shape index (κ1) is 24.6. The monoisotopic (exact) mass is 558 g/mol.